The molecule has 38 valence electrons. The summed E-state index contributed by atoms with van der Waals surface area (Å²) in [4.78, 5) is 0. The molecular weight excluding hydrogens is 107 g/mol. The molecule has 1 heterocycles. The molecule has 0 N–H and O–H groups in total. The van der Waals surface area contributed by atoms with Crippen LogP contribution in [-0.2, 0) is 0 Å². The second kappa shape index (κ2) is 1.38. The van der Waals surface area contributed by atoms with Gasteiger partial charge in [-0.1, -0.05) is 0 Å². The molecule has 2 atom stereocenters. The van der Waals surface area contributed by atoms with Gasteiger partial charge in [-0.25, -0.2) is 0 Å². The van der Waals surface area contributed by atoms with Crippen molar-refractivity contribution < 1.29 is 0 Å². The average Bonchev–Trinajstić information content (AvgIpc) is 1.84. The van der Waals surface area contributed by atoms with Gasteiger partial charge in [-0.05, 0) is 13.0 Å². The topological polar surface area (TPSA) is 24.7 Å². The van der Waals surface area contributed by atoms with Crippen molar-refractivity contribution in [2.45, 2.75) is 12.2 Å². The van der Waals surface area contributed by atoms with E-state index < -0.39 is 0 Å². The molecule has 0 amide bonds. The van der Waals surface area contributed by atoms with Gasteiger partial charge in [0, 0.05) is 6.20 Å². The summed E-state index contributed by atoms with van der Waals surface area (Å²) in [5.74, 6) is 0. The summed E-state index contributed by atoms with van der Waals surface area (Å²) < 4.78 is 0. The van der Waals surface area contributed by atoms with Gasteiger partial charge in [-0.15, -0.1) is 9.24 Å². The zero-order chi connectivity index (χ0) is 5.33. The van der Waals surface area contributed by atoms with E-state index in [-0.39, 0.29) is 5.28 Å². The van der Waals surface area contributed by atoms with Crippen LogP contribution in [0.4, 0.5) is 0 Å². The first kappa shape index (κ1) is 4.92. The summed E-state index contributed by atoms with van der Waals surface area (Å²) in [6.45, 7) is 1.98. The van der Waals surface area contributed by atoms with E-state index in [4.69, 9.17) is 0 Å². The Morgan fingerprint density at radius 3 is 2.57 bits per heavy atom. The van der Waals surface area contributed by atoms with Gasteiger partial charge in [0.25, 0.3) is 0 Å². The van der Waals surface area contributed by atoms with Crippen LogP contribution in [-0.4, -0.2) is 5.28 Å². The maximum Gasteiger partial charge on any atom is 0.112 e. The fourth-order valence-corrected chi connectivity index (χ4v) is 0.528. The molecule has 1 aliphatic heterocycles. The lowest BCUT2D eigenvalue weighted by Gasteiger charge is -2.04. The van der Waals surface area contributed by atoms with Crippen LogP contribution in [0, 0.1) is 0 Å². The molecule has 0 spiro atoms. The third-order valence-corrected chi connectivity index (χ3v) is 1.06. The fourth-order valence-electron chi connectivity index (χ4n) is 0.375. The molecule has 0 aromatic heterocycles. The molecule has 2 unspecified atom stereocenters. The van der Waals surface area contributed by atoms with Crippen molar-refractivity contribution in [1.29, 1.82) is 0 Å². The van der Waals surface area contributed by atoms with E-state index in [0.29, 0.717) is 0 Å². The minimum atomic E-state index is -0.111. The largest absolute Gasteiger partial charge is 0.174 e. The van der Waals surface area contributed by atoms with E-state index in [0.717, 1.165) is 0 Å². The van der Waals surface area contributed by atoms with Gasteiger partial charge in [0.15, 0.2) is 0 Å². The molecular formula is C4H7N2P. The van der Waals surface area contributed by atoms with Gasteiger partial charge in [-0.3, -0.25) is 0 Å². The van der Waals surface area contributed by atoms with Gasteiger partial charge in [0.1, 0.15) is 5.28 Å². The Morgan fingerprint density at radius 2 is 2.43 bits per heavy atom. The Kier molecular flexibility index (Phi) is 0.966. The van der Waals surface area contributed by atoms with Crippen molar-refractivity contribution in [1.82, 2.24) is 0 Å². The minimum absolute atomic E-state index is 0.111. The Labute approximate surface area is 44.9 Å². The van der Waals surface area contributed by atoms with Crippen LogP contribution in [0.25, 0.3) is 0 Å². The van der Waals surface area contributed by atoms with Crippen LogP contribution in [0.1, 0.15) is 6.92 Å². The second-order valence-electron chi connectivity index (χ2n) is 1.76. The van der Waals surface area contributed by atoms with Crippen LogP contribution < -0.4 is 0 Å². The molecule has 1 rings (SSSR count). The third kappa shape index (κ3) is 1.07. The third-order valence-electron chi connectivity index (χ3n) is 0.752. The molecule has 0 radical (unpaired) electrons. The molecule has 0 bridgehead atoms. The molecule has 0 aliphatic carbocycles. The van der Waals surface area contributed by atoms with E-state index in [1.165, 1.54) is 0 Å². The predicted octanol–water partition coefficient (Wildman–Crippen LogP) is 1.56. The monoisotopic (exact) mass is 114 g/mol. The molecule has 0 aromatic carbocycles. The lowest BCUT2D eigenvalue weighted by molar-refractivity contribution is 0.824. The summed E-state index contributed by atoms with van der Waals surface area (Å²) in [5, 5.41) is 7.39. The molecule has 0 saturated carbocycles. The molecule has 0 saturated heterocycles. The maximum absolute atomic E-state index is 3.84. The zero-order valence-corrected chi connectivity index (χ0v) is 5.28. The summed E-state index contributed by atoms with van der Waals surface area (Å²) in [5.41, 5.74) is 0. The summed E-state index contributed by atoms with van der Waals surface area (Å²) >= 11 is 0. The van der Waals surface area contributed by atoms with Gasteiger partial charge >= 0.3 is 0 Å². The lowest BCUT2D eigenvalue weighted by Crippen LogP contribution is -2.01. The van der Waals surface area contributed by atoms with E-state index >= 15 is 0 Å². The molecule has 0 aromatic rings. The number of hydrogen-bond donors (Lipinski definition) is 0. The summed E-state index contributed by atoms with van der Waals surface area (Å²) in [6.07, 6.45) is 3.63. The van der Waals surface area contributed by atoms with Crippen molar-refractivity contribution in [3.8, 4) is 0 Å². The van der Waals surface area contributed by atoms with Crippen molar-refractivity contribution >= 4 is 9.24 Å². The van der Waals surface area contributed by atoms with Gasteiger partial charge in [0.05, 0.1) is 0 Å². The highest BCUT2D eigenvalue weighted by molar-refractivity contribution is 7.19. The maximum atomic E-state index is 3.84. The van der Waals surface area contributed by atoms with Crippen LogP contribution in [0.2, 0.25) is 0 Å². The second-order valence-corrected chi connectivity index (χ2v) is 2.93. The predicted molar refractivity (Wildman–Crippen MR) is 32.1 cm³/mol. The smallest absolute Gasteiger partial charge is 0.112 e. The number of rotatable bonds is 0. The molecule has 3 heteroatoms. The Bertz CT molecular complexity index is 112. The number of azo groups is 1. The van der Waals surface area contributed by atoms with Crippen molar-refractivity contribution in [2.24, 2.45) is 10.2 Å². The van der Waals surface area contributed by atoms with Gasteiger partial charge < -0.3 is 0 Å². The standard InChI is InChI=1S/C4H7N2P/c1-4(7)2-3-5-6-4/h2-3H,7H2,1H3. The normalized spacial score (nSPS) is 37.4. The molecule has 7 heavy (non-hydrogen) atoms. The fraction of sp³-hybridized carbons (Fsp3) is 0.500. The molecule has 1 aliphatic rings. The number of nitrogens with zero attached hydrogens (tertiary/aromatic N) is 2. The average molecular weight is 114 g/mol. The Hall–Kier alpha value is -0.230. The Balaban J connectivity index is 2.77. The highest BCUT2D eigenvalue weighted by Crippen LogP contribution is 2.24. The van der Waals surface area contributed by atoms with Crippen LogP contribution in [0.15, 0.2) is 22.5 Å². The zero-order valence-electron chi connectivity index (χ0n) is 4.13. The van der Waals surface area contributed by atoms with Gasteiger partial charge in [0.2, 0.25) is 0 Å². The van der Waals surface area contributed by atoms with E-state index in [1.807, 2.05) is 13.0 Å². The summed E-state index contributed by atoms with van der Waals surface area (Å²) in [7, 11) is 2.58. The van der Waals surface area contributed by atoms with Crippen molar-refractivity contribution in [3.63, 3.8) is 0 Å². The van der Waals surface area contributed by atoms with Crippen LogP contribution in [0.5, 0.6) is 0 Å². The Morgan fingerprint density at radius 1 is 1.71 bits per heavy atom. The van der Waals surface area contributed by atoms with E-state index in [2.05, 4.69) is 19.5 Å². The SMILES string of the molecule is CC1(P)C=CN=N1. The lowest BCUT2D eigenvalue weighted by atomic mass is 10.3. The number of hydrogen-bond acceptors (Lipinski definition) is 2. The van der Waals surface area contributed by atoms with Crippen molar-refractivity contribution in [3.05, 3.63) is 12.3 Å². The van der Waals surface area contributed by atoms with E-state index in [9.17, 15) is 0 Å². The first-order chi connectivity index (χ1) is 3.21. The first-order valence-electron chi connectivity index (χ1n) is 2.09. The summed E-state index contributed by atoms with van der Waals surface area (Å²) in [6, 6.07) is 0. The van der Waals surface area contributed by atoms with Crippen LogP contribution in [0.3, 0.4) is 0 Å². The first-order valence-corrected chi connectivity index (χ1v) is 2.67. The molecule has 0 fully saturated rings. The van der Waals surface area contributed by atoms with Gasteiger partial charge in [-0.2, -0.15) is 10.2 Å². The van der Waals surface area contributed by atoms with Crippen molar-refractivity contribution in [2.75, 3.05) is 0 Å². The van der Waals surface area contributed by atoms with Crippen LogP contribution >= 0.6 is 9.24 Å². The highest BCUT2D eigenvalue weighted by Gasteiger charge is 2.13. The minimum Gasteiger partial charge on any atom is -0.174 e. The quantitative estimate of drug-likeness (QED) is 0.427. The highest BCUT2D eigenvalue weighted by atomic mass is 31.0. The molecule has 2 nitrogen and oxygen atoms in total. The van der Waals surface area contributed by atoms with E-state index in [1.54, 1.807) is 6.20 Å².